The van der Waals surface area contributed by atoms with Gasteiger partial charge in [0.15, 0.2) is 5.96 Å². The molecule has 0 saturated carbocycles. The summed E-state index contributed by atoms with van der Waals surface area (Å²) in [6, 6.07) is 9.00. The standard InChI is InChI=1S/C28H39FN8O5/c1-3-37(23(25(30)40)15-18-4-8-19(29)9-5-18)24(39)16-35-26(41)21(12-13-34-28(31)32)36-27(42)22(33-2)14-17-6-10-20(38)11-7-17/h4-11,21-23,33,38H,3,12-16H2,1-2H3,(H2,30,40)(H,35,41)(H,36,42)(H4,31,32,34). The predicted molar refractivity (Wildman–Crippen MR) is 155 cm³/mol. The van der Waals surface area contributed by atoms with E-state index in [1.165, 1.54) is 41.3 Å². The molecule has 0 aliphatic rings. The number of phenolic OH excluding ortho intramolecular Hbond substituents is 1. The van der Waals surface area contributed by atoms with Crippen molar-refractivity contribution in [1.82, 2.24) is 20.9 Å². The quantitative estimate of drug-likeness (QED) is 0.0940. The number of carbonyl (C=O) groups excluding carboxylic acids is 4. The van der Waals surface area contributed by atoms with Gasteiger partial charge in [0.05, 0.1) is 12.6 Å². The molecule has 4 amide bonds. The van der Waals surface area contributed by atoms with Gasteiger partial charge in [-0.1, -0.05) is 24.3 Å². The molecule has 0 aliphatic carbocycles. The molecule has 13 nitrogen and oxygen atoms in total. The number of rotatable bonds is 16. The number of hydrogen-bond acceptors (Lipinski definition) is 7. The zero-order valence-corrected chi connectivity index (χ0v) is 23.7. The number of nitrogens with zero attached hydrogens (tertiary/aromatic N) is 2. The van der Waals surface area contributed by atoms with Crippen LogP contribution in [0.25, 0.3) is 0 Å². The van der Waals surface area contributed by atoms with Crippen LogP contribution in [0, 0.1) is 5.82 Å². The second-order valence-electron chi connectivity index (χ2n) is 9.51. The average molecular weight is 587 g/mol. The molecule has 0 aromatic heterocycles. The van der Waals surface area contributed by atoms with Crippen molar-refractivity contribution < 1.29 is 28.7 Å². The van der Waals surface area contributed by atoms with Crippen molar-refractivity contribution in [2.24, 2.45) is 22.2 Å². The van der Waals surface area contributed by atoms with Crippen LogP contribution in [0.3, 0.4) is 0 Å². The van der Waals surface area contributed by atoms with Crippen LogP contribution in [0.2, 0.25) is 0 Å². The van der Waals surface area contributed by atoms with Crippen LogP contribution >= 0.6 is 0 Å². The molecule has 10 N–H and O–H groups in total. The molecule has 2 rings (SSSR count). The summed E-state index contributed by atoms with van der Waals surface area (Å²) in [4.78, 5) is 56.6. The lowest BCUT2D eigenvalue weighted by Gasteiger charge is -2.29. The third-order valence-corrected chi connectivity index (χ3v) is 6.51. The van der Waals surface area contributed by atoms with Gasteiger partial charge in [-0.3, -0.25) is 24.2 Å². The van der Waals surface area contributed by atoms with E-state index in [1.54, 1.807) is 26.1 Å². The molecule has 0 aliphatic heterocycles. The molecule has 3 unspecified atom stereocenters. The number of guanidine groups is 1. The molecule has 0 radical (unpaired) electrons. The van der Waals surface area contributed by atoms with Gasteiger partial charge in [0.25, 0.3) is 0 Å². The van der Waals surface area contributed by atoms with Crippen LogP contribution in [0.5, 0.6) is 5.75 Å². The van der Waals surface area contributed by atoms with Crippen LogP contribution in [0.15, 0.2) is 53.5 Å². The van der Waals surface area contributed by atoms with Gasteiger partial charge in [0, 0.05) is 19.5 Å². The maximum absolute atomic E-state index is 13.3. The number of hydrogen-bond donors (Lipinski definition) is 7. The summed E-state index contributed by atoms with van der Waals surface area (Å²) < 4.78 is 13.3. The molecule has 2 aromatic rings. The Morgan fingerprint density at radius 2 is 1.52 bits per heavy atom. The Kier molecular flexibility index (Phi) is 13.2. The number of phenols is 1. The van der Waals surface area contributed by atoms with Gasteiger partial charge in [-0.2, -0.15) is 0 Å². The van der Waals surface area contributed by atoms with Crippen molar-refractivity contribution in [3.8, 4) is 5.75 Å². The van der Waals surface area contributed by atoms with Gasteiger partial charge in [0.1, 0.15) is 23.7 Å². The van der Waals surface area contributed by atoms with E-state index in [2.05, 4.69) is 20.9 Å². The fraction of sp³-hybridized carbons (Fsp3) is 0.393. The number of aromatic hydroxyl groups is 1. The van der Waals surface area contributed by atoms with E-state index in [-0.39, 0.29) is 44.1 Å². The maximum Gasteiger partial charge on any atom is 0.243 e. The number of carbonyl (C=O) groups is 4. The SMILES string of the molecule is CCN(C(=O)CNC(=O)C(CCN=C(N)N)NC(=O)C(Cc1ccc(O)cc1)NC)C(Cc1ccc(F)cc1)C(N)=O. The van der Waals surface area contributed by atoms with E-state index in [1.807, 2.05) is 0 Å². The van der Waals surface area contributed by atoms with Crippen molar-refractivity contribution in [1.29, 1.82) is 0 Å². The van der Waals surface area contributed by atoms with E-state index in [9.17, 15) is 28.7 Å². The zero-order valence-electron chi connectivity index (χ0n) is 23.7. The smallest absolute Gasteiger partial charge is 0.243 e. The van der Waals surface area contributed by atoms with Gasteiger partial charge in [0.2, 0.25) is 23.6 Å². The van der Waals surface area contributed by atoms with E-state index in [4.69, 9.17) is 17.2 Å². The summed E-state index contributed by atoms with van der Waals surface area (Å²) in [7, 11) is 1.60. The molecule has 0 saturated heterocycles. The van der Waals surface area contributed by atoms with Crippen LogP contribution < -0.4 is 33.2 Å². The van der Waals surface area contributed by atoms with Gasteiger partial charge in [-0.05, 0) is 62.2 Å². The Morgan fingerprint density at radius 1 is 0.929 bits per heavy atom. The fourth-order valence-corrected chi connectivity index (χ4v) is 4.22. The number of nitrogens with two attached hydrogens (primary N) is 3. The number of halogens is 1. The highest BCUT2D eigenvalue weighted by atomic mass is 19.1. The van der Waals surface area contributed by atoms with E-state index in [0.29, 0.717) is 5.56 Å². The lowest BCUT2D eigenvalue weighted by molar-refractivity contribution is -0.139. The Hall–Kier alpha value is -4.72. The van der Waals surface area contributed by atoms with E-state index < -0.39 is 54.1 Å². The third kappa shape index (κ3) is 10.7. The second-order valence-corrected chi connectivity index (χ2v) is 9.51. The molecule has 3 atom stereocenters. The Balaban J connectivity index is 2.10. The lowest BCUT2D eigenvalue weighted by Crippen LogP contribution is -2.55. The Labute approximate surface area is 243 Å². The van der Waals surface area contributed by atoms with Gasteiger partial charge in [-0.15, -0.1) is 0 Å². The highest BCUT2D eigenvalue weighted by molar-refractivity contribution is 5.93. The molecule has 0 spiro atoms. The number of nitrogens with one attached hydrogen (secondary N) is 3. The van der Waals surface area contributed by atoms with Crippen molar-refractivity contribution in [3.63, 3.8) is 0 Å². The van der Waals surface area contributed by atoms with Crippen LogP contribution in [0.1, 0.15) is 24.5 Å². The van der Waals surface area contributed by atoms with Crippen molar-refractivity contribution >= 4 is 29.6 Å². The number of aliphatic imine (C=N–C) groups is 1. The summed E-state index contributed by atoms with van der Waals surface area (Å²) in [6.07, 6.45) is 0.370. The monoisotopic (exact) mass is 586 g/mol. The Bertz CT molecular complexity index is 1240. The minimum Gasteiger partial charge on any atom is -0.508 e. The highest BCUT2D eigenvalue weighted by Crippen LogP contribution is 2.13. The second kappa shape index (κ2) is 16.5. The summed E-state index contributed by atoms with van der Waals surface area (Å²) in [6.45, 7) is 1.33. The molecule has 42 heavy (non-hydrogen) atoms. The lowest BCUT2D eigenvalue weighted by atomic mass is 10.0. The highest BCUT2D eigenvalue weighted by Gasteiger charge is 2.29. The summed E-state index contributed by atoms with van der Waals surface area (Å²) in [5.41, 5.74) is 17.7. The van der Waals surface area contributed by atoms with Gasteiger partial charge >= 0.3 is 0 Å². The van der Waals surface area contributed by atoms with Crippen molar-refractivity contribution in [2.75, 3.05) is 26.7 Å². The molecule has 0 fully saturated rings. The fourth-order valence-electron chi connectivity index (χ4n) is 4.22. The van der Waals surface area contributed by atoms with Crippen LogP contribution in [0.4, 0.5) is 4.39 Å². The van der Waals surface area contributed by atoms with Gasteiger partial charge < -0.3 is 43.2 Å². The molecule has 2 aromatic carbocycles. The minimum absolute atomic E-state index is 0.0271. The Morgan fingerprint density at radius 3 is 2.07 bits per heavy atom. The molecule has 228 valence electrons. The van der Waals surface area contributed by atoms with Gasteiger partial charge in [-0.25, -0.2) is 4.39 Å². The first-order chi connectivity index (χ1) is 19.9. The summed E-state index contributed by atoms with van der Waals surface area (Å²) >= 11 is 0. The molecular formula is C28H39FN8O5. The number of benzene rings is 2. The number of primary amides is 1. The summed E-state index contributed by atoms with van der Waals surface area (Å²) in [5, 5.41) is 17.6. The van der Waals surface area contributed by atoms with Crippen molar-refractivity contribution in [2.45, 2.75) is 44.3 Å². The largest absolute Gasteiger partial charge is 0.508 e. The molecule has 0 heterocycles. The predicted octanol–water partition coefficient (Wildman–Crippen LogP) is -1.13. The molecule has 0 bridgehead atoms. The first-order valence-corrected chi connectivity index (χ1v) is 13.4. The number of amides is 4. The van der Waals surface area contributed by atoms with Crippen LogP contribution in [-0.2, 0) is 32.0 Å². The first kappa shape index (κ1) is 33.5. The number of likely N-dealkylation sites (N-methyl/N-ethyl adjacent to an activating group) is 2. The maximum atomic E-state index is 13.3. The topological polar surface area (TPSA) is 218 Å². The van der Waals surface area contributed by atoms with E-state index in [0.717, 1.165) is 5.56 Å². The van der Waals surface area contributed by atoms with Crippen molar-refractivity contribution in [3.05, 3.63) is 65.5 Å². The van der Waals surface area contributed by atoms with E-state index >= 15 is 0 Å². The molecular weight excluding hydrogens is 547 g/mol. The molecule has 14 heteroatoms. The average Bonchev–Trinajstić information content (AvgIpc) is 2.95. The first-order valence-electron chi connectivity index (χ1n) is 13.4. The van der Waals surface area contributed by atoms with Crippen LogP contribution in [-0.4, -0.2) is 84.4 Å². The minimum atomic E-state index is -1.09. The zero-order chi connectivity index (χ0) is 31.2. The normalized spacial score (nSPS) is 12.8. The third-order valence-electron chi connectivity index (χ3n) is 6.51. The summed E-state index contributed by atoms with van der Waals surface area (Å²) in [5.74, 6) is -3.01.